The summed E-state index contributed by atoms with van der Waals surface area (Å²) in [6, 6.07) is 15.9. The van der Waals surface area contributed by atoms with Gasteiger partial charge in [0.1, 0.15) is 5.57 Å². The highest BCUT2D eigenvalue weighted by atomic mass is 32.1. The highest BCUT2D eigenvalue weighted by Gasteiger charge is 2.35. The smallest absolute Gasteiger partial charge is 0.337 e. The van der Waals surface area contributed by atoms with Crippen LogP contribution in [-0.4, -0.2) is 32.6 Å². The Bertz CT molecular complexity index is 1390. The van der Waals surface area contributed by atoms with Crippen molar-refractivity contribution >= 4 is 46.9 Å². The summed E-state index contributed by atoms with van der Waals surface area (Å²) in [5.74, 6) is -2.12. The maximum absolute atomic E-state index is 13.5. The average Bonchev–Trinajstić information content (AvgIpc) is 3.09. The van der Waals surface area contributed by atoms with Gasteiger partial charge in [0.05, 0.1) is 16.9 Å². The molecule has 1 aliphatic rings. The first-order valence-electron chi connectivity index (χ1n) is 10.8. The quantitative estimate of drug-likeness (QED) is 0.329. The summed E-state index contributed by atoms with van der Waals surface area (Å²) >= 11 is 5.33. The molecule has 0 saturated carbocycles. The molecule has 0 aliphatic carbocycles. The number of carboxylic acids is 1. The normalized spacial score (nSPS) is 15.1. The number of benzene rings is 2. The molecule has 1 aliphatic heterocycles. The second-order valence-electron chi connectivity index (χ2n) is 7.92. The van der Waals surface area contributed by atoms with E-state index in [1.165, 1.54) is 17.0 Å². The number of carboxylic acid groups (broad SMARTS) is 1. The van der Waals surface area contributed by atoms with Crippen molar-refractivity contribution in [2.75, 3.05) is 4.90 Å². The number of para-hydroxylation sites is 2. The maximum atomic E-state index is 13.5. The Labute approximate surface area is 202 Å². The van der Waals surface area contributed by atoms with Crippen LogP contribution in [0.2, 0.25) is 0 Å². The van der Waals surface area contributed by atoms with Gasteiger partial charge in [-0.15, -0.1) is 0 Å². The first-order valence-corrected chi connectivity index (χ1v) is 11.2. The zero-order valence-corrected chi connectivity index (χ0v) is 19.8. The minimum Gasteiger partial charge on any atom is -0.478 e. The van der Waals surface area contributed by atoms with E-state index in [2.05, 4.69) is 5.32 Å². The van der Waals surface area contributed by atoms with Crippen LogP contribution in [0.15, 0.2) is 60.2 Å². The summed E-state index contributed by atoms with van der Waals surface area (Å²) in [5, 5.41) is 12.3. The van der Waals surface area contributed by atoms with Crippen LogP contribution in [-0.2, 0) is 16.0 Å². The summed E-state index contributed by atoms with van der Waals surface area (Å²) in [5.41, 5.74) is 4.28. The molecule has 0 unspecified atom stereocenters. The van der Waals surface area contributed by atoms with Gasteiger partial charge in [-0.2, -0.15) is 0 Å². The zero-order valence-electron chi connectivity index (χ0n) is 19.0. The van der Waals surface area contributed by atoms with Gasteiger partial charge in [-0.05, 0) is 74.0 Å². The zero-order chi connectivity index (χ0) is 24.6. The van der Waals surface area contributed by atoms with Gasteiger partial charge in [-0.25, -0.2) is 4.79 Å². The maximum Gasteiger partial charge on any atom is 0.337 e. The summed E-state index contributed by atoms with van der Waals surface area (Å²) in [6.45, 7) is 5.64. The Morgan fingerprint density at radius 1 is 1.06 bits per heavy atom. The number of nitrogens with zero attached hydrogens (tertiary/aromatic N) is 2. The molecule has 0 atom stereocenters. The molecule has 0 bridgehead atoms. The van der Waals surface area contributed by atoms with Crippen LogP contribution in [0.3, 0.4) is 0 Å². The molecule has 1 fully saturated rings. The molecule has 8 heteroatoms. The number of aromatic nitrogens is 1. The molecule has 2 aromatic carbocycles. The second kappa shape index (κ2) is 9.07. The van der Waals surface area contributed by atoms with Gasteiger partial charge in [0.15, 0.2) is 5.11 Å². The van der Waals surface area contributed by atoms with Crippen LogP contribution in [0.4, 0.5) is 5.69 Å². The number of hydrogen-bond acceptors (Lipinski definition) is 4. The molecule has 34 heavy (non-hydrogen) atoms. The molecule has 3 aromatic rings. The molecule has 7 nitrogen and oxygen atoms in total. The Balaban J connectivity index is 1.81. The summed E-state index contributed by atoms with van der Waals surface area (Å²) in [4.78, 5) is 39.3. The van der Waals surface area contributed by atoms with E-state index in [0.717, 1.165) is 11.3 Å². The summed E-state index contributed by atoms with van der Waals surface area (Å²) in [6.07, 6.45) is 2.23. The van der Waals surface area contributed by atoms with Crippen molar-refractivity contribution in [3.05, 3.63) is 88.2 Å². The Morgan fingerprint density at radius 2 is 1.71 bits per heavy atom. The fourth-order valence-corrected chi connectivity index (χ4v) is 4.49. The third-order valence-electron chi connectivity index (χ3n) is 5.86. The third-order valence-corrected chi connectivity index (χ3v) is 6.15. The van der Waals surface area contributed by atoms with E-state index in [0.29, 0.717) is 29.1 Å². The second-order valence-corrected chi connectivity index (χ2v) is 8.31. The van der Waals surface area contributed by atoms with Crippen molar-refractivity contribution in [3.8, 4) is 5.69 Å². The average molecular weight is 474 g/mol. The van der Waals surface area contributed by atoms with Crippen LogP contribution < -0.4 is 10.2 Å². The van der Waals surface area contributed by atoms with Crippen molar-refractivity contribution in [1.29, 1.82) is 0 Å². The minimum atomic E-state index is -1.04. The van der Waals surface area contributed by atoms with Crippen molar-refractivity contribution in [2.24, 2.45) is 0 Å². The number of aromatic carboxylic acids is 1. The van der Waals surface area contributed by atoms with Gasteiger partial charge in [0.25, 0.3) is 11.8 Å². The lowest BCUT2D eigenvalue weighted by molar-refractivity contribution is -0.122. The number of thiocarbonyl (C=S) groups is 1. The minimum absolute atomic E-state index is 0.0360. The third kappa shape index (κ3) is 3.92. The molecule has 2 N–H and O–H groups in total. The fourth-order valence-electron chi connectivity index (χ4n) is 4.21. The fraction of sp³-hybridized carbons (Fsp3) is 0.154. The molecule has 2 heterocycles. The molecule has 2 amide bonds. The molecule has 1 saturated heterocycles. The lowest BCUT2D eigenvalue weighted by atomic mass is 10.0. The number of rotatable bonds is 5. The Morgan fingerprint density at radius 3 is 2.38 bits per heavy atom. The van der Waals surface area contributed by atoms with E-state index in [1.807, 2.05) is 45.0 Å². The van der Waals surface area contributed by atoms with Crippen molar-refractivity contribution in [3.63, 3.8) is 0 Å². The predicted octanol–water partition coefficient (Wildman–Crippen LogP) is 4.19. The van der Waals surface area contributed by atoms with Gasteiger partial charge in [0, 0.05) is 11.4 Å². The number of anilines is 1. The Hall–Kier alpha value is -4.04. The van der Waals surface area contributed by atoms with Crippen molar-refractivity contribution < 1.29 is 19.5 Å². The summed E-state index contributed by atoms with van der Waals surface area (Å²) < 4.78 is 1.80. The molecule has 1 aromatic heterocycles. The number of carbonyl (C=O) groups is 3. The first kappa shape index (κ1) is 23.1. The van der Waals surface area contributed by atoms with Gasteiger partial charge < -0.3 is 9.67 Å². The van der Waals surface area contributed by atoms with E-state index >= 15 is 0 Å². The van der Waals surface area contributed by atoms with E-state index < -0.39 is 17.8 Å². The van der Waals surface area contributed by atoms with E-state index in [4.69, 9.17) is 12.2 Å². The first-order chi connectivity index (χ1) is 16.2. The number of carbonyl (C=O) groups excluding carboxylic acids is 2. The van der Waals surface area contributed by atoms with Crippen LogP contribution >= 0.6 is 12.2 Å². The highest BCUT2D eigenvalue weighted by molar-refractivity contribution is 7.80. The summed E-state index contributed by atoms with van der Waals surface area (Å²) in [7, 11) is 0. The van der Waals surface area contributed by atoms with E-state index in [-0.39, 0.29) is 16.2 Å². The number of nitrogens with one attached hydrogen (secondary N) is 1. The molecular weight excluding hydrogens is 450 g/mol. The van der Waals surface area contributed by atoms with Crippen molar-refractivity contribution in [2.45, 2.75) is 27.2 Å². The molecule has 4 rings (SSSR count). The highest BCUT2D eigenvalue weighted by Crippen LogP contribution is 2.29. The molecular formula is C26H23N3O4S. The monoisotopic (exact) mass is 473 g/mol. The standard InChI is InChI=1S/C26H23N3O4S/c1-4-17-9-5-7-11-21(17)29-24(31)20(23(30)27-26(29)34)14-18-13-15(2)28(16(18)3)22-12-8-6-10-19(22)25(32)33/h5-14H,4H2,1-3H3,(H,32,33)(H,27,30,34)/b20-14+. The van der Waals surface area contributed by atoms with Gasteiger partial charge >= 0.3 is 5.97 Å². The van der Waals surface area contributed by atoms with Crippen molar-refractivity contribution in [1.82, 2.24) is 9.88 Å². The predicted molar refractivity (Wildman–Crippen MR) is 134 cm³/mol. The van der Waals surface area contributed by atoms with Crippen LogP contribution in [0.5, 0.6) is 0 Å². The van der Waals surface area contributed by atoms with Crippen LogP contribution in [0.1, 0.15) is 39.8 Å². The number of hydrogen-bond donors (Lipinski definition) is 2. The molecule has 0 spiro atoms. The molecule has 172 valence electrons. The van der Waals surface area contributed by atoms with Crippen LogP contribution in [0, 0.1) is 13.8 Å². The topological polar surface area (TPSA) is 91.6 Å². The number of aryl methyl sites for hydroxylation is 2. The lowest BCUT2D eigenvalue weighted by Crippen LogP contribution is -2.54. The largest absolute Gasteiger partial charge is 0.478 e. The van der Waals surface area contributed by atoms with Crippen LogP contribution in [0.25, 0.3) is 11.8 Å². The van der Waals surface area contributed by atoms with Gasteiger partial charge in [-0.3, -0.25) is 19.8 Å². The van der Waals surface area contributed by atoms with E-state index in [9.17, 15) is 19.5 Å². The Kier molecular flexibility index (Phi) is 6.17. The molecule has 0 radical (unpaired) electrons. The van der Waals surface area contributed by atoms with Gasteiger partial charge in [-0.1, -0.05) is 37.3 Å². The van der Waals surface area contributed by atoms with E-state index in [1.54, 1.807) is 28.8 Å². The lowest BCUT2D eigenvalue weighted by Gasteiger charge is -2.30. The number of amides is 2. The van der Waals surface area contributed by atoms with Gasteiger partial charge in [0.2, 0.25) is 0 Å². The SMILES string of the molecule is CCc1ccccc1N1C(=O)/C(=C/c2cc(C)n(-c3ccccc3C(=O)O)c2C)C(=O)NC1=S.